The summed E-state index contributed by atoms with van der Waals surface area (Å²) in [7, 11) is 0. The first-order valence-corrected chi connectivity index (χ1v) is 12.8. The van der Waals surface area contributed by atoms with E-state index >= 15 is 0 Å². The van der Waals surface area contributed by atoms with Crippen LogP contribution in [0.15, 0.2) is 43.0 Å². The maximum atomic E-state index is 13.6. The van der Waals surface area contributed by atoms with Gasteiger partial charge in [-0.15, -0.1) is 0 Å². The van der Waals surface area contributed by atoms with Gasteiger partial charge in [0.2, 0.25) is 17.7 Å². The number of nitrogens with two attached hydrogens (primary N) is 1. The first-order valence-electron chi connectivity index (χ1n) is 12.8. The van der Waals surface area contributed by atoms with E-state index in [0.717, 1.165) is 10.9 Å². The molecule has 0 saturated heterocycles. The normalized spacial score (nSPS) is 14.8. The maximum Gasteiger partial charge on any atom is 0.326 e. The third-order valence-electron chi connectivity index (χ3n) is 6.43. The number of amides is 3. The minimum atomic E-state index is -1.52. The van der Waals surface area contributed by atoms with Gasteiger partial charge in [0, 0.05) is 48.3 Å². The van der Waals surface area contributed by atoms with Gasteiger partial charge in [-0.05, 0) is 25.0 Å². The molecule has 0 fully saturated rings. The summed E-state index contributed by atoms with van der Waals surface area (Å²) in [6, 6.07) is 1.88. The molecule has 5 atom stereocenters. The van der Waals surface area contributed by atoms with Crippen molar-refractivity contribution in [1.82, 2.24) is 30.9 Å². The Morgan fingerprint density at radius 3 is 2.17 bits per heavy atom. The first kappa shape index (κ1) is 30.8. The zero-order valence-corrected chi connectivity index (χ0v) is 22.2. The number of aromatic nitrogens is 3. The summed E-state index contributed by atoms with van der Waals surface area (Å²) >= 11 is 0. The summed E-state index contributed by atoms with van der Waals surface area (Å²) in [4.78, 5) is 71.8. The van der Waals surface area contributed by atoms with E-state index in [1.165, 1.54) is 19.4 Å². The fourth-order valence-corrected chi connectivity index (χ4v) is 4.11. The molecule has 0 aliphatic carbocycles. The molecule has 0 spiro atoms. The van der Waals surface area contributed by atoms with Gasteiger partial charge in [-0.3, -0.25) is 19.2 Å². The lowest BCUT2D eigenvalue weighted by Gasteiger charge is -2.25. The second-order valence-corrected chi connectivity index (χ2v) is 9.57. The van der Waals surface area contributed by atoms with Gasteiger partial charge in [0.1, 0.15) is 24.2 Å². The van der Waals surface area contributed by atoms with Crippen LogP contribution in [0.4, 0.5) is 0 Å². The lowest BCUT2D eigenvalue weighted by Crippen LogP contribution is -2.59. The van der Waals surface area contributed by atoms with Crippen molar-refractivity contribution in [2.45, 2.75) is 62.9 Å². The number of carbonyl (C=O) groups is 5. The fourth-order valence-electron chi connectivity index (χ4n) is 4.11. The number of aliphatic carboxylic acids is 2. The monoisotopic (exact) mass is 571 g/mol. The number of benzene rings is 1. The van der Waals surface area contributed by atoms with Crippen molar-refractivity contribution in [3.8, 4) is 0 Å². The minimum absolute atomic E-state index is 0.0110. The van der Waals surface area contributed by atoms with Crippen molar-refractivity contribution >= 4 is 40.6 Å². The van der Waals surface area contributed by atoms with Gasteiger partial charge < -0.3 is 47.0 Å². The molecule has 15 nitrogen and oxygen atoms in total. The molecule has 2 aromatic heterocycles. The molecular formula is C26H33N7O8. The molecule has 0 saturated carbocycles. The number of aliphatic hydroxyl groups excluding tert-OH is 1. The Kier molecular flexibility index (Phi) is 10.5. The molecular weight excluding hydrogens is 538 g/mol. The van der Waals surface area contributed by atoms with E-state index in [1.54, 1.807) is 6.20 Å². The van der Waals surface area contributed by atoms with Gasteiger partial charge >= 0.3 is 11.9 Å². The Hall–Kier alpha value is -4.76. The quantitative estimate of drug-likeness (QED) is 0.105. The van der Waals surface area contributed by atoms with Crippen LogP contribution in [0.25, 0.3) is 10.9 Å². The minimum Gasteiger partial charge on any atom is -0.481 e. The summed E-state index contributed by atoms with van der Waals surface area (Å²) in [6.45, 7) is 1.33. The molecule has 1 aromatic carbocycles. The van der Waals surface area contributed by atoms with E-state index in [2.05, 4.69) is 30.9 Å². The van der Waals surface area contributed by atoms with Crippen molar-refractivity contribution < 1.29 is 39.3 Å². The molecule has 15 heteroatoms. The number of hydrogen-bond acceptors (Lipinski definition) is 8. The van der Waals surface area contributed by atoms with Gasteiger partial charge in [0.15, 0.2) is 0 Å². The molecule has 3 amide bonds. The van der Waals surface area contributed by atoms with Gasteiger partial charge in [-0.25, -0.2) is 9.78 Å². The van der Waals surface area contributed by atoms with E-state index < -0.39 is 66.4 Å². The average Bonchev–Trinajstić information content (AvgIpc) is 3.59. The number of hydrogen-bond donors (Lipinski definition) is 9. The molecule has 0 radical (unpaired) electrons. The number of carboxylic acids is 2. The molecule has 2 heterocycles. The van der Waals surface area contributed by atoms with Crippen molar-refractivity contribution in [3.05, 3.63) is 54.2 Å². The molecule has 0 aliphatic rings. The van der Waals surface area contributed by atoms with E-state index in [1.807, 2.05) is 24.3 Å². The lowest BCUT2D eigenvalue weighted by atomic mass is 10.0. The predicted octanol–water partition coefficient (Wildman–Crippen LogP) is -1.21. The molecule has 3 aromatic rings. The van der Waals surface area contributed by atoms with Crippen molar-refractivity contribution in [3.63, 3.8) is 0 Å². The number of carboxylic acid groups (broad SMARTS) is 2. The largest absolute Gasteiger partial charge is 0.481 e. The van der Waals surface area contributed by atoms with Crippen LogP contribution in [0.1, 0.15) is 31.0 Å². The second-order valence-electron chi connectivity index (χ2n) is 9.57. The summed E-state index contributed by atoms with van der Waals surface area (Å²) < 4.78 is 0. The number of rotatable bonds is 15. The summed E-state index contributed by atoms with van der Waals surface area (Å²) in [5.74, 6) is -5.14. The highest BCUT2D eigenvalue weighted by molar-refractivity contribution is 5.95. The summed E-state index contributed by atoms with van der Waals surface area (Å²) in [5.41, 5.74) is 7.69. The van der Waals surface area contributed by atoms with E-state index in [9.17, 15) is 34.2 Å². The number of aromatic amines is 2. The third-order valence-corrected chi connectivity index (χ3v) is 6.43. The van der Waals surface area contributed by atoms with Gasteiger partial charge in [-0.2, -0.15) is 0 Å². The van der Waals surface area contributed by atoms with Crippen LogP contribution >= 0.6 is 0 Å². The van der Waals surface area contributed by atoms with Gasteiger partial charge in [-0.1, -0.05) is 18.2 Å². The highest BCUT2D eigenvalue weighted by Crippen LogP contribution is 2.19. The van der Waals surface area contributed by atoms with Crippen molar-refractivity contribution in [2.24, 2.45) is 5.73 Å². The standard InChI is InChI=1S/C26H33N7O8/c1-13(34)22(27)25(39)33-19(8-14-10-29-17-5-3-2-4-16(14)17)23(37)32-20(9-15-11-28-12-30-15)24(38)31-18(26(40)41)6-7-21(35)36/h2-5,10-13,18-20,22,29,34H,6-9,27H2,1H3,(H,28,30)(H,31,38)(H,32,37)(H,33,39)(H,35,36)(H,40,41). The van der Waals surface area contributed by atoms with E-state index in [4.69, 9.17) is 10.8 Å². The molecule has 3 rings (SSSR count). The number of fused-ring (bicyclic) bond motifs is 1. The molecule has 0 bridgehead atoms. The van der Waals surface area contributed by atoms with Crippen LogP contribution in [0.2, 0.25) is 0 Å². The first-order chi connectivity index (χ1) is 19.5. The van der Waals surface area contributed by atoms with Crippen LogP contribution in [0.3, 0.4) is 0 Å². The maximum absolute atomic E-state index is 13.6. The fraction of sp³-hybridized carbons (Fsp3) is 0.385. The number of nitrogens with one attached hydrogen (secondary N) is 5. The Morgan fingerprint density at radius 1 is 0.927 bits per heavy atom. The van der Waals surface area contributed by atoms with E-state index in [0.29, 0.717) is 11.3 Å². The zero-order valence-electron chi connectivity index (χ0n) is 22.2. The van der Waals surface area contributed by atoms with Crippen molar-refractivity contribution in [1.29, 1.82) is 0 Å². The highest BCUT2D eigenvalue weighted by atomic mass is 16.4. The number of H-pyrrole nitrogens is 2. The number of para-hydroxylation sites is 1. The third kappa shape index (κ3) is 8.61. The Labute approximate surface area is 233 Å². The summed E-state index contributed by atoms with van der Waals surface area (Å²) in [5, 5.41) is 36.3. The highest BCUT2D eigenvalue weighted by Gasteiger charge is 2.32. The van der Waals surface area contributed by atoms with Crippen LogP contribution in [-0.2, 0) is 36.8 Å². The van der Waals surface area contributed by atoms with Crippen LogP contribution < -0.4 is 21.7 Å². The number of carbonyl (C=O) groups excluding carboxylic acids is 3. The van der Waals surface area contributed by atoms with Crippen LogP contribution in [-0.4, -0.2) is 90.2 Å². The number of nitrogens with zero attached hydrogens (tertiary/aromatic N) is 1. The summed E-state index contributed by atoms with van der Waals surface area (Å²) in [6.07, 6.45) is 2.24. The van der Waals surface area contributed by atoms with E-state index in [-0.39, 0.29) is 19.3 Å². The lowest BCUT2D eigenvalue weighted by molar-refractivity contribution is -0.143. The smallest absolute Gasteiger partial charge is 0.326 e. The molecule has 220 valence electrons. The van der Waals surface area contributed by atoms with Gasteiger partial charge in [0.05, 0.1) is 12.4 Å². The molecule has 5 unspecified atom stereocenters. The predicted molar refractivity (Wildman–Crippen MR) is 144 cm³/mol. The Balaban J connectivity index is 1.86. The topological polar surface area (TPSA) is 253 Å². The zero-order chi connectivity index (χ0) is 30.1. The molecule has 0 aliphatic heterocycles. The Morgan fingerprint density at radius 2 is 1.56 bits per heavy atom. The second kappa shape index (κ2) is 14.0. The molecule has 41 heavy (non-hydrogen) atoms. The van der Waals surface area contributed by atoms with Crippen LogP contribution in [0.5, 0.6) is 0 Å². The average molecular weight is 572 g/mol. The molecule has 10 N–H and O–H groups in total. The van der Waals surface area contributed by atoms with Crippen molar-refractivity contribution in [2.75, 3.05) is 0 Å². The number of aliphatic hydroxyl groups is 1. The number of imidazole rings is 1. The van der Waals surface area contributed by atoms with Crippen LogP contribution in [0, 0.1) is 0 Å². The van der Waals surface area contributed by atoms with Gasteiger partial charge in [0.25, 0.3) is 0 Å². The Bertz CT molecular complexity index is 1370. The SMILES string of the molecule is CC(O)C(N)C(=O)NC(Cc1c[nH]c2ccccc12)C(=O)NC(Cc1cnc[nH]1)C(=O)NC(CCC(=O)O)C(=O)O.